The summed E-state index contributed by atoms with van der Waals surface area (Å²) in [5.41, 5.74) is 2.72. The minimum absolute atomic E-state index is 0. The van der Waals surface area contributed by atoms with Gasteiger partial charge in [-0.15, -0.1) is 12.4 Å². The normalized spacial score (nSPS) is 14.9. The summed E-state index contributed by atoms with van der Waals surface area (Å²) in [6.45, 7) is 3.76. The molecule has 2 aromatic carbocycles. The molecule has 1 amide bonds. The number of halogens is 1. The second kappa shape index (κ2) is 7.98. The van der Waals surface area contributed by atoms with Crippen molar-refractivity contribution in [1.82, 2.24) is 14.9 Å². The van der Waals surface area contributed by atoms with Gasteiger partial charge in [0.2, 0.25) is 11.9 Å². The van der Waals surface area contributed by atoms with Gasteiger partial charge >= 0.3 is 0 Å². The number of nitrogens with zero attached hydrogens (tertiary/aromatic N) is 2. The number of carbonyl (C=O) groups excluding carboxylic acids is 1. The molecule has 6 nitrogen and oxygen atoms in total. The summed E-state index contributed by atoms with van der Waals surface area (Å²) in [5, 5.41) is 6.25. The highest BCUT2D eigenvalue weighted by molar-refractivity contribution is 5.94. The van der Waals surface area contributed by atoms with Crippen LogP contribution in [0, 0.1) is 11.8 Å². The minimum atomic E-state index is -0.0552. The summed E-state index contributed by atoms with van der Waals surface area (Å²) in [6, 6.07) is 15.6. The van der Waals surface area contributed by atoms with Crippen molar-refractivity contribution in [2.45, 2.75) is 6.92 Å². The van der Waals surface area contributed by atoms with Crippen LogP contribution in [0.4, 0.5) is 5.95 Å². The zero-order valence-corrected chi connectivity index (χ0v) is 16.1. The van der Waals surface area contributed by atoms with Crippen LogP contribution in [-0.2, 0) is 4.79 Å². The average Bonchev–Trinajstić information content (AvgIpc) is 2.98. The molecule has 1 saturated heterocycles. The van der Waals surface area contributed by atoms with Gasteiger partial charge in [0.25, 0.3) is 0 Å². The SMILES string of the molecule is COc1ccc(-n2c(NC(=O)C(C)C3CNC3)nc3ccccc32)cc1.Cl. The van der Waals surface area contributed by atoms with Gasteiger partial charge in [-0.25, -0.2) is 4.98 Å². The van der Waals surface area contributed by atoms with E-state index in [1.807, 2.05) is 60.0 Å². The predicted molar refractivity (Wildman–Crippen MR) is 109 cm³/mol. The summed E-state index contributed by atoms with van der Waals surface area (Å²) < 4.78 is 7.22. The van der Waals surface area contributed by atoms with Crippen molar-refractivity contribution in [3.63, 3.8) is 0 Å². The van der Waals surface area contributed by atoms with Crippen molar-refractivity contribution in [3.05, 3.63) is 48.5 Å². The first-order valence-corrected chi connectivity index (χ1v) is 8.81. The zero-order chi connectivity index (χ0) is 18.1. The number of aromatic nitrogens is 2. The molecule has 0 saturated carbocycles. The van der Waals surface area contributed by atoms with Crippen LogP contribution in [0.15, 0.2) is 48.5 Å². The first-order valence-electron chi connectivity index (χ1n) is 8.81. The number of imidazole rings is 1. The number of amides is 1. The fourth-order valence-electron chi connectivity index (χ4n) is 3.21. The smallest absolute Gasteiger partial charge is 0.229 e. The number of hydrogen-bond acceptors (Lipinski definition) is 4. The van der Waals surface area contributed by atoms with Crippen molar-refractivity contribution in [3.8, 4) is 11.4 Å². The lowest BCUT2D eigenvalue weighted by Crippen LogP contribution is -2.48. The number of nitrogens with one attached hydrogen (secondary N) is 2. The molecule has 2 heterocycles. The van der Waals surface area contributed by atoms with E-state index in [1.165, 1.54) is 0 Å². The predicted octanol–water partition coefficient (Wildman–Crippen LogP) is 3.25. The molecule has 0 aliphatic carbocycles. The molecule has 7 heteroatoms. The van der Waals surface area contributed by atoms with Gasteiger partial charge < -0.3 is 10.1 Å². The third kappa shape index (κ3) is 3.63. The lowest BCUT2D eigenvalue weighted by molar-refractivity contribution is -0.121. The molecule has 1 aliphatic heterocycles. The van der Waals surface area contributed by atoms with Crippen molar-refractivity contribution >= 4 is 35.3 Å². The van der Waals surface area contributed by atoms with E-state index >= 15 is 0 Å². The van der Waals surface area contributed by atoms with Crippen molar-refractivity contribution in [2.24, 2.45) is 11.8 Å². The van der Waals surface area contributed by atoms with Crippen LogP contribution in [0.2, 0.25) is 0 Å². The Morgan fingerprint density at radius 3 is 2.56 bits per heavy atom. The third-order valence-corrected chi connectivity index (χ3v) is 5.06. The Kier molecular flexibility index (Phi) is 5.68. The third-order valence-electron chi connectivity index (χ3n) is 5.06. The summed E-state index contributed by atoms with van der Waals surface area (Å²) >= 11 is 0. The first-order chi connectivity index (χ1) is 12.7. The maximum atomic E-state index is 12.7. The fraction of sp³-hybridized carbons (Fsp3) is 0.300. The molecule has 1 aromatic heterocycles. The number of anilines is 1. The Hall–Kier alpha value is -2.57. The number of ether oxygens (including phenoxy) is 1. The van der Waals surface area contributed by atoms with Crippen LogP contribution in [0.25, 0.3) is 16.7 Å². The molecule has 1 unspecified atom stereocenters. The molecule has 0 bridgehead atoms. The second-order valence-electron chi connectivity index (χ2n) is 6.65. The summed E-state index contributed by atoms with van der Waals surface area (Å²) in [7, 11) is 1.64. The Morgan fingerprint density at radius 2 is 1.93 bits per heavy atom. The molecule has 1 fully saturated rings. The van der Waals surface area contributed by atoms with Gasteiger partial charge in [-0.2, -0.15) is 0 Å². The van der Waals surface area contributed by atoms with Crippen LogP contribution in [-0.4, -0.2) is 35.7 Å². The van der Waals surface area contributed by atoms with Crippen molar-refractivity contribution in [2.75, 3.05) is 25.5 Å². The Labute approximate surface area is 164 Å². The van der Waals surface area contributed by atoms with Gasteiger partial charge in [0.15, 0.2) is 0 Å². The quantitative estimate of drug-likeness (QED) is 0.706. The van der Waals surface area contributed by atoms with Crippen LogP contribution in [0.1, 0.15) is 6.92 Å². The number of para-hydroxylation sites is 2. The zero-order valence-electron chi connectivity index (χ0n) is 15.3. The number of rotatable bonds is 5. The van der Waals surface area contributed by atoms with E-state index in [-0.39, 0.29) is 24.2 Å². The number of benzene rings is 2. The van der Waals surface area contributed by atoms with E-state index in [0.717, 1.165) is 35.6 Å². The molecular weight excluding hydrogens is 364 g/mol. The molecule has 3 aromatic rings. The highest BCUT2D eigenvalue weighted by Crippen LogP contribution is 2.27. The van der Waals surface area contributed by atoms with Gasteiger partial charge in [0.05, 0.1) is 18.1 Å². The lowest BCUT2D eigenvalue weighted by atomic mass is 9.88. The Bertz CT molecular complexity index is 935. The number of methoxy groups -OCH3 is 1. The van der Waals surface area contributed by atoms with Crippen LogP contribution in [0.5, 0.6) is 5.75 Å². The lowest BCUT2D eigenvalue weighted by Gasteiger charge is -2.31. The first kappa shape index (κ1) is 19.2. The van der Waals surface area contributed by atoms with Gasteiger partial charge in [0, 0.05) is 11.6 Å². The number of carbonyl (C=O) groups is 1. The topological polar surface area (TPSA) is 68.2 Å². The maximum absolute atomic E-state index is 12.7. The summed E-state index contributed by atoms with van der Waals surface area (Å²) in [4.78, 5) is 17.3. The molecule has 0 spiro atoms. The number of hydrogen-bond donors (Lipinski definition) is 2. The average molecular weight is 387 g/mol. The van der Waals surface area contributed by atoms with E-state index in [1.54, 1.807) is 7.11 Å². The standard InChI is InChI=1S/C20H22N4O2.ClH/c1-13(14-11-21-12-14)19(25)23-20-22-17-5-3-4-6-18(17)24(20)15-7-9-16(26-2)10-8-15;/h3-10,13-14,21H,11-12H2,1-2H3,(H,22,23,25);1H. The molecule has 142 valence electrons. The van der Waals surface area contributed by atoms with E-state index in [4.69, 9.17) is 4.74 Å². The largest absolute Gasteiger partial charge is 0.497 e. The fourth-order valence-corrected chi connectivity index (χ4v) is 3.21. The summed E-state index contributed by atoms with van der Waals surface area (Å²) in [5.74, 6) is 1.66. The monoisotopic (exact) mass is 386 g/mol. The molecular formula is C20H23ClN4O2. The minimum Gasteiger partial charge on any atom is -0.497 e. The van der Waals surface area contributed by atoms with Crippen LogP contribution >= 0.6 is 12.4 Å². The molecule has 4 rings (SSSR count). The second-order valence-corrected chi connectivity index (χ2v) is 6.65. The molecule has 1 atom stereocenters. The Morgan fingerprint density at radius 1 is 1.22 bits per heavy atom. The van der Waals surface area contributed by atoms with E-state index in [2.05, 4.69) is 15.6 Å². The van der Waals surface area contributed by atoms with Gasteiger partial charge in [-0.1, -0.05) is 19.1 Å². The van der Waals surface area contributed by atoms with Gasteiger partial charge in [-0.3, -0.25) is 14.7 Å². The van der Waals surface area contributed by atoms with Gasteiger partial charge in [-0.05, 0) is 55.4 Å². The van der Waals surface area contributed by atoms with E-state index in [0.29, 0.717) is 11.9 Å². The molecule has 0 radical (unpaired) electrons. The number of fused-ring (bicyclic) bond motifs is 1. The molecule has 2 N–H and O–H groups in total. The molecule has 27 heavy (non-hydrogen) atoms. The van der Waals surface area contributed by atoms with E-state index in [9.17, 15) is 4.79 Å². The van der Waals surface area contributed by atoms with Crippen LogP contribution in [0.3, 0.4) is 0 Å². The van der Waals surface area contributed by atoms with Crippen molar-refractivity contribution < 1.29 is 9.53 Å². The van der Waals surface area contributed by atoms with Crippen molar-refractivity contribution in [1.29, 1.82) is 0 Å². The van der Waals surface area contributed by atoms with Crippen LogP contribution < -0.4 is 15.4 Å². The highest BCUT2D eigenvalue weighted by Gasteiger charge is 2.29. The Balaban J connectivity index is 0.00000210. The highest BCUT2D eigenvalue weighted by atomic mass is 35.5. The molecule has 1 aliphatic rings. The summed E-state index contributed by atoms with van der Waals surface area (Å²) in [6.07, 6.45) is 0. The van der Waals surface area contributed by atoms with Gasteiger partial charge in [0.1, 0.15) is 5.75 Å². The maximum Gasteiger partial charge on any atom is 0.229 e. The van der Waals surface area contributed by atoms with E-state index < -0.39 is 0 Å².